The fourth-order valence-corrected chi connectivity index (χ4v) is 3.68. The van der Waals surface area contributed by atoms with E-state index in [4.69, 9.17) is 30.0 Å². The summed E-state index contributed by atoms with van der Waals surface area (Å²) in [7, 11) is 0. The molecule has 2 atom stereocenters. The predicted molar refractivity (Wildman–Crippen MR) is 127 cm³/mol. The molecule has 0 aliphatic carbocycles. The van der Waals surface area contributed by atoms with Crippen LogP contribution in [0.1, 0.15) is 19.8 Å². The average Bonchev–Trinajstić information content (AvgIpc) is 2.96. The van der Waals surface area contributed by atoms with Crippen molar-refractivity contribution in [2.45, 2.75) is 43.7 Å². The molecule has 1 fully saturated rings. The van der Waals surface area contributed by atoms with Crippen molar-refractivity contribution in [1.82, 2.24) is 14.7 Å². The quantitative estimate of drug-likeness (QED) is 0.130. The molecule has 0 amide bonds. The Hall–Kier alpha value is -4.25. The highest BCUT2D eigenvalue weighted by Crippen LogP contribution is 2.24. The molecule has 0 radical (unpaired) electrons. The SMILES string of the molecule is C[C@]1(N(CC(=O)O)CC(=O)O)CN(CC(=O)O)CCN([C@H](CCC(=O)O)C(=O)O)C1.O=C(O)C(F)(F)F.O=C(O)C(F)(F)F. The Labute approximate surface area is 242 Å². The van der Waals surface area contributed by atoms with Crippen LogP contribution in [0.4, 0.5) is 26.3 Å². The number of alkyl halides is 6. The summed E-state index contributed by atoms with van der Waals surface area (Å²) in [4.78, 5) is 78.4. The molecule has 1 heterocycles. The summed E-state index contributed by atoms with van der Waals surface area (Å²) >= 11 is 0. The fraction of sp³-hybridized carbons (Fsp3) is 0.667. The molecule has 1 aliphatic rings. The first-order valence-corrected chi connectivity index (χ1v) is 11.6. The number of carboxylic acid groups (broad SMARTS) is 7. The van der Waals surface area contributed by atoms with Crippen molar-refractivity contribution < 1.29 is 95.6 Å². The molecule has 1 rings (SSSR count). The van der Waals surface area contributed by atoms with Crippen LogP contribution in [0.2, 0.25) is 0 Å². The van der Waals surface area contributed by atoms with E-state index in [1.165, 1.54) is 9.80 Å². The monoisotopic (exact) mass is 661 g/mol. The first kappa shape index (κ1) is 41.9. The number of hydrogen-bond donors (Lipinski definition) is 7. The van der Waals surface area contributed by atoms with Crippen LogP contribution >= 0.6 is 0 Å². The van der Waals surface area contributed by atoms with Crippen LogP contribution in [0.3, 0.4) is 0 Å². The molecule has 254 valence electrons. The highest BCUT2D eigenvalue weighted by Gasteiger charge is 2.43. The summed E-state index contributed by atoms with van der Waals surface area (Å²) in [5.41, 5.74) is -1.22. The van der Waals surface area contributed by atoms with E-state index in [2.05, 4.69) is 0 Å². The highest BCUT2D eigenvalue weighted by molar-refractivity contribution is 5.75. The number of aliphatic carboxylic acids is 7. The second-order valence-corrected chi connectivity index (χ2v) is 9.11. The molecular weight excluding hydrogens is 632 g/mol. The van der Waals surface area contributed by atoms with E-state index in [-0.39, 0.29) is 32.6 Å². The van der Waals surface area contributed by atoms with E-state index in [9.17, 15) is 65.6 Å². The zero-order valence-corrected chi connectivity index (χ0v) is 22.5. The van der Waals surface area contributed by atoms with Crippen molar-refractivity contribution in [3.8, 4) is 0 Å². The summed E-state index contributed by atoms with van der Waals surface area (Å²) < 4.78 is 63.5. The van der Waals surface area contributed by atoms with E-state index in [1.807, 2.05) is 0 Å². The second kappa shape index (κ2) is 17.8. The van der Waals surface area contributed by atoms with Gasteiger partial charge in [0, 0.05) is 38.1 Å². The molecule has 0 saturated carbocycles. The van der Waals surface area contributed by atoms with E-state index < -0.39 is 91.8 Å². The summed E-state index contributed by atoms with van der Waals surface area (Å²) in [6.07, 6.45) is -10.8. The van der Waals surface area contributed by atoms with Crippen LogP contribution in [0.15, 0.2) is 0 Å². The van der Waals surface area contributed by atoms with Crippen molar-refractivity contribution >= 4 is 41.8 Å². The number of rotatable bonds is 12. The Morgan fingerprint density at radius 2 is 1.11 bits per heavy atom. The normalized spacial score (nSPS) is 18.4. The van der Waals surface area contributed by atoms with Crippen LogP contribution in [-0.4, -0.2) is 162 Å². The molecule has 0 aromatic heterocycles. The van der Waals surface area contributed by atoms with E-state index in [0.29, 0.717) is 0 Å². The average molecular weight is 661 g/mol. The van der Waals surface area contributed by atoms with Crippen LogP contribution in [0.5, 0.6) is 0 Å². The van der Waals surface area contributed by atoms with E-state index in [1.54, 1.807) is 6.92 Å². The van der Waals surface area contributed by atoms with Gasteiger partial charge in [-0.2, -0.15) is 26.3 Å². The summed E-state index contributed by atoms with van der Waals surface area (Å²) in [5, 5.41) is 60.3. The molecule has 0 aromatic carbocycles. The van der Waals surface area contributed by atoms with Gasteiger partial charge in [-0.3, -0.25) is 38.7 Å². The number of carbonyl (C=O) groups is 7. The lowest BCUT2D eigenvalue weighted by molar-refractivity contribution is -0.193. The standard InChI is InChI=1S/C17H27N3O10.2C2HF3O2/c1-17(20(7-14(25)26)8-15(27)28)9-18(6-13(23)24)4-5-19(10-17)11(16(29)30)2-3-12(21)22;2*3-2(4,5)1(6)7/h11H,2-10H2,1H3,(H,21,22)(H,23,24)(H,25,26)(H,27,28)(H,29,30);2*(H,6,7)/t11-,17+;;/m1../s1. The van der Waals surface area contributed by atoms with Crippen molar-refractivity contribution in [3.63, 3.8) is 0 Å². The lowest BCUT2D eigenvalue weighted by atomic mass is 9.96. The Kier molecular flexibility index (Phi) is 16.9. The fourth-order valence-electron chi connectivity index (χ4n) is 3.68. The Balaban J connectivity index is 0. The molecule has 7 N–H and O–H groups in total. The molecule has 0 spiro atoms. The second-order valence-electron chi connectivity index (χ2n) is 9.11. The topological polar surface area (TPSA) is 271 Å². The van der Waals surface area contributed by atoms with Crippen molar-refractivity contribution in [3.05, 3.63) is 0 Å². The Bertz CT molecular complexity index is 1010. The van der Waals surface area contributed by atoms with Gasteiger partial charge in [0.05, 0.1) is 19.6 Å². The minimum absolute atomic E-state index is 0.0123. The first-order chi connectivity index (χ1) is 19.7. The third-order valence-electron chi connectivity index (χ3n) is 5.43. The van der Waals surface area contributed by atoms with Gasteiger partial charge in [-0.25, -0.2) is 9.59 Å². The maximum Gasteiger partial charge on any atom is 0.490 e. The third-order valence-corrected chi connectivity index (χ3v) is 5.43. The van der Waals surface area contributed by atoms with Gasteiger partial charge in [-0.15, -0.1) is 0 Å². The van der Waals surface area contributed by atoms with Gasteiger partial charge in [-0.1, -0.05) is 0 Å². The largest absolute Gasteiger partial charge is 0.490 e. The van der Waals surface area contributed by atoms with Crippen LogP contribution in [0.25, 0.3) is 0 Å². The summed E-state index contributed by atoms with van der Waals surface area (Å²) in [5.74, 6) is -11.7. The van der Waals surface area contributed by atoms with Gasteiger partial charge in [0.2, 0.25) is 0 Å². The number of carboxylic acids is 7. The van der Waals surface area contributed by atoms with Gasteiger partial charge < -0.3 is 35.7 Å². The molecule has 0 unspecified atom stereocenters. The van der Waals surface area contributed by atoms with Crippen molar-refractivity contribution in [1.29, 1.82) is 0 Å². The summed E-state index contributed by atoms with van der Waals surface area (Å²) in [6.45, 7) is -0.0245. The van der Waals surface area contributed by atoms with Crippen LogP contribution in [0, 0.1) is 0 Å². The smallest absolute Gasteiger partial charge is 0.481 e. The van der Waals surface area contributed by atoms with Crippen molar-refractivity contribution in [2.24, 2.45) is 0 Å². The molecule has 1 aliphatic heterocycles. The molecular formula is C21H29F6N3O14. The number of hydrogen-bond acceptors (Lipinski definition) is 10. The molecule has 1 saturated heterocycles. The van der Waals surface area contributed by atoms with Crippen LogP contribution in [-0.2, 0) is 33.6 Å². The molecule has 0 aromatic rings. The number of nitrogens with zero attached hydrogens (tertiary/aromatic N) is 3. The molecule has 44 heavy (non-hydrogen) atoms. The Morgan fingerprint density at radius 3 is 1.41 bits per heavy atom. The lowest BCUT2D eigenvalue weighted by Crippen LogP contribution is -2.61. The predicted octanol–water partition coefficient (Wildman–Crippen LogP) is -0.497. The van der Waals surface area contributed by atoms with E-state index in [0.717, 1.165) is 4.90 Å². The van der Waals surface area contributed by atoms with E-state index >= 15 is 0 Å². The maximum absolute atomic E-state index is 11.8. The number of halogens is 6. The lowest BCUT2D eigenvalue weighted by Gasteiger charge is -2.43. The summed E-state index contributed by atoms with van der Waals surface area (Å²) in [6, 6.07) is -1.21. The van der Waals surface area contributed by atoms with Gasteiger partial charge in [0.1, 0.15) is 6.04 Å². The highest BCUT2D eigenvalue weighted by atomic mass is 19.4. The zero-order chi connectivity index (χ0) is 35.2. The van der Waals surface area contributed by atoms with Gasteiger partial charge in [0.25, 0.3) is 0 Å². The van der Waals surface area contributed by atoms with Gasteiger partial charge in [0.15, 0.2) is 0 Å². The zero-order valence-electron chi connectivity index (χ0n) is 22.5. The molecule has 0 bridgehead atoms. The Morgan fingerprint density at radius 1 is 0.705 bits per heavy atom. The minimum Gasteiger partial charge on any atom is -0.481 e. The van der Waals surface area contributed by atoms with Crippen LogP contribution < -0.4 is 0 Å². The van der Waals surface area contributed by atoms with Gasteiger partial charge >= 0.3 is 54.1 Å². The minimum atomic E-state index is -5.08. The van der Waals surface area contributed by atoms with Gasteiger partial charge in [-0.05, 0) is 13.3 Å². The van der Waals surface area contributed by atoms with Crippen molar-refractivity contribution in [2.75, 3.05) is 45.8 Å². The first-order valence-electron chi connectivity index (χ1n) is 11.6. The molecule has 23 heteroatoms. The third kappa shape index (κ3) is 17.6. The molecule has 17 nitrogen and oxygen atoms in total. The maximum atomic E-state index is 11.8.